The molecule has 1 saturated heterocycles. The Morgan fingerprint density at radius 2 is 2.00 bits per heavy atom. The van der Waals surface area contributed by atoms with Crippen LogP contribution in [0.1, 0.15) is 18.4 Å². The van der Waals surface area contributed by atoms with Gasteiger partial charge in [-0.1, -0.05) is 30.3 Å². The van der Waals surface area contributed by atoms with E-state index < -0.39 is 30.3 Å². The van der Waals surface area contributed by atoms with E-state index in [-0.39, 0.29) is 26.1 Å². The highest BCUT2D eigenvalue weighted by Gasteiger charge is 2.48. The zero-order valence-corrected chi connectivity index (χ0v) is 11.9. The molecule has 0 aliphatic carbocycles. The standard InChI is InChI=1S/C15H17F2NO4/c16-12(17)8-15(13(19)20)6-7-18(10-15)14(21)22-9-11-4-2-1-3-5-11/h1-5,12H,6-10H2,(H,19,20). The number of halogens is 2. The van der Waals surface area contributed by atoms with Gasteiger partial charge in [0.2, 0.25) is 6.43 Å². The van der Waals surface area contributed by atoms with Crippen LogP contribution >= 0.6 is 0 Å². The van der Waals surface area contributed by atoms with Gasteiger partial charge in [0.15, 0.2) is 0 Å². The zero-order chi connectivity index (χ0) is 16.2. The Labute approximate surface area is 126 Å². The maximum absolute atomic E-state index is 12.6. The largest absolute Gasteiger partial charge is 0.481 e. The van der Waals surface area contributed by atoms with Crippen LogP contribution in [0.25, 0.3) is 0 Å². The smallest absolute Gasteiger partial charge is 0.410 e. The van der Waals surface area contributed by atoms with Crippen LogP contribution in [0.2, 0.25) is 0 Å². The topological polar surface area (TPSA) is 66.8 Å². The second-order valence-electron chi connectivity index (χ2n) is 5.39. The summed E-state index contributed by atoms with van der Waals surface area (Å²) in [4.78, 5) is 24.4. The molecule has 0 radical (unpaired) electrons. The summed E-state index contributed by atoms with van der Waals surface area (Å²) in [5.74, 6) is -1.30. The lowest BCUT2D eigenvalue weighted by Crippen LogP contribution is -2.38. The lowest BCUT2D eigenvalue weighted by molar-refractivity contribution is -0.150. The number of rotatable bonds is 5. The first-order valence-corrected chi connectivity index (χ1v) is 6.90. The van der Waals surface area contributed by atoms with Gasteiger partial charge in [0.1, 0.15) is 6.61 Å². The maximum atomic E-state index is 12.6. The van der Waals surface area contributed by atoms with Crippen molar-refractivity contribution in [2.45, 2.75) is 25.9 Å². The molecule has 0 saturated carbocycles. The molecule has 1 aliphatic heterocycles. The van der Waals surface area contributed by atoms with Crippen molar-refractivity contribution < 1.29 is 28.2 Å². The molecule has 22 heavy (non-hydrogen) atoms. The lowest BCUT2D eigenvalue weighted by Gasteiger charge is -2.24. The second-order valence-corrected chi connectivity index (χ2v) is 5.39. The molecule has 1 fully saturated rings. The second kappa shape index (κ2) is 6.72. The number of aliphatic carboxylic acids is 1. The van der Waals surface area contributed by atoms with E-state index in [1.165, 1.54) is 4.90 Å². The maximum Gasteiger partial charge on any atom is 0.410 e. The van der Waals surface area contributed by atoms with Gasteiger partial charge >= 0.3 is 12.1 Å². The van der Waals surface area contributed by atoms with E-state index in [9.17, 15) is 23.5 Å². The third-order valence-electron chi connectivity index (χ3n) is 3.82. The molecule has 1 aromatic rings. The van der Waals surface area contributed by atoms with Crippen LogP contribution in [0.4, 0.5) is 13.6 Å². The minimum atomic E-state index is -2.73. The van der Waals surface area contributed by atoms with Crippen molar-refractivity contribution in [3.8, 4) is 0 Å². The SMILES string of the molecule is O=C(OCc1ccccc1)N1CCC(CC(F)F)(C(=O)O)C1. The quantitative estimate of drug-likeness (QED) is 0.907. The van der Waals surface area contributed by atoms with Gasteiger partial charge in [-0.2, -0.15) is 0 Å². The zero-order valence-electron chi connectivity index (χ0n) is 11.9. The summed E-state index contributed by atoms with van der Waals surface area (Å²) in [6.45, 7) is -0.0853. The van der Waals surface area contributed by atoms with Crippen molar-refractivity contribution in [1.29, 1.82) is 0 Å². The number of hydrogen-bond acceptors (Lipinski definition) is 3. The molecule has 1 amide bonds. The van der Waals surface area contributed by atoms with Crippen LogP contribution in [-0.4, -0.2) is 41.6 Å². The molecular weight excluding hydrogens is 296 g/mol. The van der Waals surface area contributed by atoms with Crippen LogP contribution < -0.4 is 0 Å². The predicted molar refractivity (Wildman–Crippen MR) is 73.5 cm³/mol. The number of carbonyl (C=O) groups excluding carboxylic acids is 1. The summed E-state index contributed by atoms with van der Waals surface area (Å²) in [6, 6.07) is 9.01. The summed E-state index contributed by atoms with van der Waals surface area (Å²) in [6.07, 6.45) is -4.16. The van der Waals surface area contributed by atoms with Gasteiger partial charge in [0.05, 0.1) is 5.41 Å². The van der Waals surface area contributed by atoms with Gasteiger partial charge in [-0.15, -0.1) is 0 Å². The van der Waals surface area contributed by atoms with Gasteiger partial charge in [0.25, 0.3) is 0 Å². The van der Waals surface area contributed by atoms with Crippen LogP contribution in [-0.2, 0) is 16.1 Å². The summed E-state index contributed by atoms with van der Waals surface area (Å²) >= 11 is 0. The Kier molecular flexibility index (Phi) is 4.95. The number of amides is 1. The summed E-state index contributed by atoms with van der Waals surface area (Å²) in [5, 5.41) is 9.21. The van der Waals surface area contributed by atoms with E-state index >= 15 is 0 Å². The molecule has 5 nitrogen and oxygen atoms in total. The van der Waals surface area contributed by atoms with Crippen molar-refractivity contribution in [2.24, 2.45) is 5.41 Å². The molecule has 0 bridgehead atoms. The van der Waals surface area contributed by atoms with Crippen LogP contribution in [0, 0.1) is 5.41 Å². The van der Waals surface area contributed by atoms with E-state index in [4.69, 9.17) is 4.74 Å². The van der Waals surface area contributed by atoms with Crippen molar-refractivity contribution in [1.82, 2.24) is 4.90 Å². The predicted octanol–water partition coefficient (Wildman–Crippen LogP) is 2.76. The normalized spacial score (nSPS) is 21.1. The molecule has 1 atom stereocenters. The van der Waals surface area contributed by atoms with Crippen LogP contribution in [0.15, 0.2) is 30.3 Å². The molecule has 1 heterocycles. The Morgan fingerprint density at radius 1 is 1.32 bits per heavy atom. The highest BCUT2D eigenvalue weighted by molar-refractivity contribution is 5.77. The fourth-order valence-electron chi connectivity index (χ4n) is 2.56. The highest BCUT2D eigenvalue weighted by Crippen LogP contribution is 2.37. The van der Waals surface area contributed by atoms with Crippen molar-refractivity contribution in [3.63, 3.8) is 0 Å². The molecule has 1 aliphatic rings. The summed E-state index contributed by atoms with van der Waals surface area (Å²) in [7, 11) is 0. The first-order valence-electron chi connectivity index (χ1n) is 6.90. The number of likely N-dealkylation sites (tertiary alicyclic amines) is 1. The molecule has 0 aromatic heterocycles. The highest BCUT2D eigenvalue weighted by atomic mass is 19.3. The molecule has 7 heteroatoms. The van der Waals surface area contributed by atoms with Crippen LogP contribution in [0.5, 0.6) is 0 Å². The third-order valence-corrected chi connectivity index (χ3v) is 3.82. The Morgan fingerprint density at radius 3 is 2.59 bits per heavy atom. The number of carboxylic acid groups (broad SMARTS) is 1. The minimum absolute atomic E-state index is 0.00705. The van der Waals surface area contributed by atoms with Gasteiger partial charge in [-0.3, -0.25) is 4.79 Å². The molecule has 1 aromatic carbocycles. The third kappa shape index (κ3) is 3.72. The van der Waals surface area contributed by atoms with Crippen molar-refractivity contribution in [2.75, 3.05) is 13.1 Å². The van der Waals surface area contributed by atoms with Crippen molar-refractivity contribution in [3.05, 3.63) is 35.9 Å². The number of ether oxygens (including phenoxy) is 1. The number of hydrogen-bond donors (Lipinski definition) is 1. The Hall–Kier alpha value is -2.18. The van der Waals surface area contributed by atoms with E-state index in [0.717, 1.165) is 5.56 Å². The number of benzene rings is 1. The summed E-state index contributed by atoms with van der Waals surface area (Å²) in [5.41, 5.74) is -0.785. The first kappa shape index (κ1) is 16.2. The fraction of sp³-hybridized carbons (Fsp3) is 0.467. The van der Waals surface area contributed by atoms with E-state index in [1.54, 1.807) is 24.3 Å². The number of carbonyl (C=O) groups is 2. The first-order chi connectivity index (χ1) is 10.4. The van der Waals surface area contributed by atoms with Crippen molar-refractivity contribution >= 4 is 12.1 Å². The average Bonchev–Trinajstić information content (AvgIpc) is 2.91. The van der Waals surface area contributed by atoms with Gasteiger partial charge < -0.3 is 14.7 Å². The average molecular weight is 313 g/mol. The minimum Gasteiger partial charge on any atom is -0.481 e. The van der Waals surface area contributed by atoms with Gasteiger partial charge in [0, 0.05) is 19.5 Å². The summed E-state index contributed by atoms with van der Waals surface area (Å²) < 4.78 is 30.3. The molecule has 1 unspecified atom stereocenters. The van der Waals surface area contributed by atoms with Gasteiger partial charge in [-0.05, 0) is 12.0 Å². The Bertz CT molecular complexity index is 538. The molecule has 2 rings (SSSR count). The van der Waals surface area contributed by atoms with E-state index in [2.05, 4.69) is 0 Å². The fourth-order valence-corrected chi connectivity index (χ4v) is 2.56. The number of alkyl halides is 2. The molecular formula is C15H17F2NO4. The van der Waals surface area contributed by atoms with E-state index in [1.807, 2.05) is 6.07 Å². The van der Waals surface area contributed by atoms with E-state index in [0.29, 0.717) is 0 Å². The van der Waals surface area contributed by atoms with Crippen LogP contribution in [0.3, 0.4) is 0 Å². The number of carboxylic acids is 1. The lowest BCUT2D eigenvalue weighted by atomic mass is 9.84. The molecule has 120 valence electrons. The Balaban J connectivity index is 1.93. The molecule has 1 N–H and O–H groups in total. The number of nitrogens with zero attached hydrogens (tertiary/aromatic N) is 1. The van der Waals surface area contributed by atoms with Gasteiger partial charge in [-0.25, -0.2) is 13.6 Å². The molecule has 0 spiro atoms. The monoisotopic (exact) mass is 313 g/mol.